The number of amides is 2. The molecule has 1 aromatic heterocycles. The van der Waals surface area contributed by atoms with Gasteiger partial charge in [0.25, 0.3) is 0 Å². The van der Waals surface area contributed by atoms with Gasteiger partial charge < -0.3 is 9.80 Å². The monoisotopic (exact) mass is 406 g/mol. The maximum atomic E-state index is 13.3. The van der Waals surface area contributed by atoms with E-state index in [9.17, 15) is 9.59 Å². The number of carbonyl (C=O) groups is 2. The maximum Gasteiger partial charge on any atom is 0.245 e. The lowest BCUT2D eigenvalue weighted by Gasteiger charge is -2.36. The van der Waals surface area contributed by atoms with Gasteiger partial charge in [-0.2, -0.15) is 0 Å². The summed E-state index contributed by atoms with van der Waals surface area (Å²) in [6, 6.07) is 8.10. The summed E-state index contributed by atoms with van der Waals surface area (Å²) in [6.07, 6.45) is 5.53. The Morgan fingerprint density at radius 3 is 2.67 bits per heavy atom. The van der Waals surface area contributed by atoms with Crippen LogP contribution in [-0.2, 0) is 9.59 Å². The van der Waals surface area contributed by atoms with Crippen molar-refractivity contribution in [2.75, 3.05) is 19.6 Å². The first kappa shape index (κ1) is 20.5. The summed E-state index contributed by atoms with van der Waals surface area (Å²) in [5.41, 5.74) is 4.40. The molecule has 2 amide bonds. The third-order valence-electron chi connectivity index (χ3n) is 6.33. The number of likely N-dealkylation sites (tertiary alicyclic amines) is 2. The molecule has 6 heteroatoms. The van der Waals surface area contributed by atoms with E-state index >= 15 is 0 Å². The van der Waals surface area contributed by atoms with Gasteiger partial charge in [-0.15, -0.1) is 0 Å². The van der Waals surface area contributed by atoms with Crippen molar-refractivity contribution in [2.24, 2.45) is 0 Å². The van der Waals surface area contributed by atoms with Crippen molar-refractivity contribution in [1.82, 2.24) is 19.8 Å². The van der Waals surface area contributed by atoms with Gasteiger partial charge in [-0.25, -0.2) is 9.97 Å². The summed E-state index contributed by atoms with van der Waals surface area (Å²) in [4.78, 5) is 38.2. The van der Waals surface area contributed by atoms with Gasteiger partial charge in [0.05, 0.1) is 5.69 Å². The average Bonchev–Trinajstić information content (AvgIpc) is 3.23. The zero-order chi connectivity index (χ0) is 21.3. The fourth-order valence-electron chi connectivity index (χ4n) is 4.85. The molecule has 2 aliphatic rings. The Morgan fingerprint density at radius 2 is 1.90 bits per heavy atom. The van der Waals surface area contributed by atoms with Gasteiger partial charge in [-0.1, -0.05) is 29.8 Å². The Labute approximate surface area is 178 Å². The van der Waals surface area contributed by atoms with Crippen LogP contribution in [-0.4, -0.2) is 57.3 Å². The first-order valence-electron chi connectivity index (χ1n) is 10.9. The van der Waals surface area contributed by atoms with Gasteiger partial charge >= 0.3 is 0 Å². The van der Waals surface area contributed by atoms with Gasteiger partial charge in [0.2, 0.25) is 11.8 Å². The summed E-state index contributed by atoms with van der Waals surface area (Å²) in [5, 5.41) is 0. The van der Waals surface area contributed by atoms with Crippen LogP contribution in [0.5, 0.6) is 0 Å². The van der Waals surface area contributed by atoms with Gasteiger partial charge in [-0.05, 0) is 45.1 Å². The largest absolute Gasteiger partial charge is 0.340 e. The Balaban J connectivity index is 1.60. The van der Waals surface area contributed by atoms with Crippen LogP contribution >= 0.6 is 0 Å². The number of hydrogen-bond acceptors (Lipinski definition) is 4. The molecule has 0 aliphatic carbocycles. The van der Waals surface area contributed by atoms with Crippen molar-refractivity contribution >= 4 is 11.8 Å². The van der Waals surface area contributed by atoms with E-state index in [0.717, 1.165) is 54.9 Å². The molecular formula is C24H30N4O2. The fourth-order valence-corrected chi connectivity index (χ4v) is 4.85. The maximum absolute atomic E-state index is 13.3. The van der Waals surface area contributed by atoms with Gasteiger partial charge in [0, 0.05) is 44.2 Å². The molecule has 2 aromatic rings. The number of rotatable bonds is 3. The van der Waals surface area contributed by atoms with Crippen molar-refractivity contribution in [2.45, 2.75) is 58.4 Å². The predicted molar refractivity (Wildman–Crippen MR) is 116 cm³/mol. The minimum atomic E-state index is -0.301. The predicted octanol–water partition coefficient (Wildman–Crippen LogP) is 3.48. The molecular weight excluding hydrogens is 376 g/mol. The van der Waals surface area contributed by atoms with E-state index in [0.29, 0.717) is 13.1 Å². The Hall–Kier alpha value is -2.76. The smallest absolute Gasteiger partial charge is 0.245 e. The van der Waals surface area contributed by atoms with Gasteiger partial charge in [0.15, 0.2) is 0 Å². The Morgan fingerprint density at radius 1 is 1.10 bits per heavy atom. The van der Waals surface area contributed by atoms with E-state index in [1.165, 1.54) is 5.56 Å². The van der Waals surface area contributed by atoms with Crippen LogP contribution < -0.4 is 0 Å². The molecule has 0 N–H and O–H groups in total. The summed E-state index contributed by atoms with van der Waals surface area (Å²) in [6.45, 7) is 7.64. The second-order valence-electron chi connectivity index (χ2n) is 8.58. The molecule has 0 unspecified atom stereocenters. The molecule has 3 heterocycles. The normalized spacial score (nSPS) is 21.7. The van der Waals surface area contributed by atoms with Crippen LogP contribution in [0.4, 0.5) is 0 Å². The molecule has 6 nitrogen and oxygen atoms in total. The van der Waals surface area contributed by atoms with Crippen molar-refractivity contribution in [3.05, 3.63) is 47.5 Å². The quantitative estimate of drug-likeness (QED) is 0.783. The second-order valence-corrected chi connectivity index (χ2v) is 8.58. The van der Waals surface area contributed by atoms with Crippen molar-refractivity contribution in [3.8, 4) is 11.1 Å². The van der Waals surface area contributed by atoms with E-state index in [1.807, 2.05) is 18.0 Å². The molecule has 1 aromatic carbocycles. The topological polar surface area (TPSA) is 66.4 Å². The first-order valence-corrected chi connectivity index (χ1v) is 10.9. The van der Waals surface area contributed by atoms with Crippen LogP contribution in [0.15, 0.2) is 30.5 Å². The summed E-state index contributed by atoms with van der Waals surface area (Å²) in [5.74, 6) is 1.01. The molecule has 0 radical (unpaired) electrons. The van der Waals surface area contributed by atoms with Gasteiger partial charge in [-0.3, -0.25) is 9.59 Å². The first-order chi connectivity index (χ1) is 14.4. The molecule has 2 fully saturated rings. The summed E-state index contributed by atoms with van der Waals surface area (Å²) >= 11 is 0. The molecule has 30 heavy (non-hydrogen) atoms. The van der Waals surface area contributed by atoms with Crippen LogP contribution in [0, 0.1) is 13.8 Å². The van der Waals surface area contributed by atoms with Crippen LogP contribution in [0.1, 0.15) is 55.6 Å². The van der Waals surface area contributed by atoms with Crippen LogP contribution in [0.2, 0.25) is 0 Å². The Bertz CT molecular complexity index is 958. The number of hydrogen-bond donors (Lipinski definition) is 0. The number of aryl methyl sites for hydroxylation is 2. The van der Waals surface area contributed by atoms with Crippen molar-refractivity contribution in [1.29, 1.82) is 0 Å². The highest BCUT2D eigenvalue weighted by Crippen LogP contribution is 2.34. The molecule has 2 aliphatic heterocycles. The second kappa shape index (κ2) is 8.54. The molecule has 0 bridgehead atoms. The minimum Gasteiger partial charge on any atom is -0.340 e. The Kier molecular flexibility index (Phi) is 5.84. The van der Waals surface area contributed by atoms with E-state index in [1.54, 1.807) is 11.8 Å². The average molecular weight is 407 g/mol. The molecule has 0 saturated carbocycles. The lowest BCUT2D eigenvalue weighted by Crippen LogP contribution is -2.50. The van der Waals surface area contributed by atoms with Crippen LogP contribution in [0.3, 0.4) is 0 Å². The van der Waals surface area contributed by atoms with E-state index in [4.69, 9.17) is 4.98 Å². The zero-order valence-corrected chi connectivity index (χ0v) is 18.1. The summed E-state index contributed by atoms with van der Waals surface area (Å²) < 4.78 is 0. The molecule has 158 valence electrons. The lowest BCUT2D eigenvalue weighted by atomic mass is 9.89. The number of piperidine rings is 1. The van der Waals surface area contributed by atoms with Crippen molar-refractivity contribution in [3.63, 3.8) is 0 Å². The van der Waals surface area contributed by atoms with Crippen molar-refractivity contribution < 1.29 is 9.59 Å². The molecule has 4 rings (SSSR count). The van der Waals surface area contributed by atoms with E-state index in [-0.39, 0.29) is 23.8 Å². The zero-order valence-electron chi connectivity index (χ0n) is 18.1. The molecule has 0 spiro atoms. The fraction of sp³-hybridized carbons (Fsp3) is 0.500. The van der Waals surface area contributed by atoms with E-state index < -0.39 is 0 Å². The molecule has 2 atom stereocenters. The standard InChI is InChI=1S/C24H30N4O2/c1-16-7-4-8-19(13-16)21-14-25-17(2)26-23(21)20-9-5-11-27(15-20)24(30)22-10-6-12-28(22)18(3)29/h4,7-8,13-14,20,22H,5-6,9-12,15H2,1-3H3/t20-,22-/m0/s1. The number of carbonyl (C=O) groups excluding carboxylic acids is 2. The summed E-state index contributed by atoms with van der Waals surface area (Å²) in [7, 11) is 0. The number of nitrogens with zero attached hydrogens (tertiary/aromatic N) is 4. The highest BCUT2D eigenvalue weighted by Gasteiger charge is 2.37. The third-order valence-corrected chi connectivity index (χ3v) is 6.33. The highest BCUT2D eigenvalue weighted by molar-refractivity contribution is 5.87. The van der Waals surface area contributed by atoms with Crippen LogP contribution in [0.25, 0.3) is 11.1 Å². The lowest BCUT2D eigenvalue weighted by molar-refractivity contribution is -0.143. The highest BCUT2D eigenvalue weighted by atomic mass is 16.2. The van der Waals surface area contributed by atoms with Gasteiger partial charge in [0.1, 0.15) is 11.9 Å². The third kappa shape index (κ3) is 4.09. The number of aromatic nitrogens is 2. The number of benzene rings is 1. The van der Waals surface area contributed by atoms with E-state index in [2.05, 4.69) is 36.2 Å². The minimum absolute atomic E-state index is 0.00688. The SMILES string of the molecule is CC(=O)N1CCC[C@H]1C(=O)N1CCC[C@H](c2nc(C)ncc2-c2cccc(C)c2)C1. The molecule has 2 saturated heterocycles.